The lowest BCUT2D eigenvalue weighted by Crippen LogP contribution is -2.45. The Morgan fingerprint density at radius 1 is 0.557 bits per heavy atom. The van der Waals surface area contributed by atoms with Gasteiger partial charge >= 0.3 is 24.2 Å². The van der Waals surface area contributed by atoms with Gasteiger partial charge in [0, 0.05) is 87.3 Å². The highest BCUT2D eigenvalue weighted by molar-refractivity contribution is 7.91. The van der Waals surface area contributed by atoms with Crippen molar-refractivity contribution in [3.05, 3.63) is 197 Å². The van der Waals surface area contributed by atoms with Crippen molar-refractivity contribution in [2.24, 2.45) is 0 Å². The summed E-state index contributed by atoms with van der Waals surface area (Å²) >= 11 is 27.3. The molecule has 0 fully saturated rings. The van der Waals surface area contributed by atoms with Crippen LogP contribution in [0.5, 0.6) is 0 Å². The number of benzene rings is 6. The summed E-state index contributed by atoms with van der Waals surface area (Å²) in [5.74, 6) is -4.48. The van der Waals surface area contributed by atoms with Gasteiger partial charge in [-0.05, 0) is 126 Å². The second-order valence-corrected chi connectivity index (χ2v) is 28.3. The van der Waals surface area contributed by atoms with Crippen molar-refractivity contribution in [1.82, 2.24) is 20.4 Å². The van der Waals surface area contributed by atoms with Crippen molar-refractivity contribution in [1.29, 1.82) is 0 Å². The molecule has 2 aliphatic heterocycles. The molecule has 0 radical (unpaired) electrons. The number of halogens is 4. The minimum Gasteiger partial charge on any atom is -0.464 e. The van der Waals surface area contributed by atoms with Gasteiger partial charge in [-0.25, -0.2) is 36.0 Å². The Morgan fingerprint density at radius 3 is 1.49 bits per heavy atom. The third kappa shape index (κ3) is 16.8. The van der Waals surface area contributed by atoms with E-state index in [4.69, 9.17) is 83.7 Å². The van der Waals surface area contributed by atoms with Gasteiger partial charge in [0.05, 0.1) is 53.9 Å². The summed E-state index contributed by atoms with van der Waals surface area (Å²) < 4.78 is 92.2. The average molecular weight is 1450 g/mol. The lowest BCUT2D eigenvalue weighted by molar-refractivity contribution is -0.171. The van der Waals surface area contributed by atoms with Crippen molar-refractivity contribution >= 4 is 136 Å². The quantitative estimate of drug-likeness (QED) is 0.0383. The van der Waals surface area contributed by atoms with E-state index in [2.05, 4.69) is 10.6 Å². The van der Waals surface area contributed by atoms with Crippen molar-refractivity contribution in [2.45, 2.75) is 101 Å². The fourth-order valence-electron chi connectivity index (χ4n) is 11.1. The van der Waals surface area contributed by atoms with Crippen molar-refractivity contribution in [2.75, 3.05) is 32.2 Å². The van der Waals surface area contributed by atoms with Gasteiger partial charge in [-0.1, -0.05) is 82.8 Å². The summed E-state index contributed by atoms with van der Waals surface area (Å²) in [5, 5.41) is 6.29. The summed E-state index contributed by atoms with van der Waals surface area (Å²) in [5.41, 5.74) is 3.87. The molecule has 0 bridgehead atoms. The number of furan rings is 2. The minimum atomic E-state index is -3.71. The standard InChI is InChI=1S/C67H60Cl4N4O20S2/c1-6-88-66(82)93-35(2)91-64(80)52(25-37-9-7-11-46(23-37)96(4,84)85)72-60(76)57-51(69)29-44-33-75(21-18-49(44)59(57)71)63(79)42-16-14-40-27-45(95-55(40)31-42)34-90-67(83)94-36(3)92-65(81)53(26-38-10-8-12-47(24-38)97(5,86)87)73-61(77)56-50(68)28-43-32-74(20-17-48(43)58(56)70)62(78)41-15-13-39-19-22-89-54(39)30-41/h7-16,19,22-24,27-31,35-36,52-53H,6,17-18,20-21,25-26,32-34H2,1-5H3,(H,72,76)(H,73,77)/t35?,36?,52-,53-/m0/s1. The van der Waals surface area contributed by atoms with E-state index in [0.29, 0.717) is 49.9 Å². The average Bonchev–Trinajstić information content (AvgIpc) is 1.05. The summed E-state index contributed by atoms with van der Waals surface area (Å²) in [6, 6.07) is 24.5. The van der Waals surface area contributed by atoms with Crippen LogP contribution in [-0.4, -0.2) is 131 Å². The first kappa shape index (κ1) is 70.6. The number of nitrogens with zero attached hydrogens (tertiary/aromatic N) is 2. The van der Waals surface area contributed by atoms with Gasteiger partial charge in [0.1, 0.15) is 29.0 Å². The molecule has 4 atom stereocenters. The normalized spacial score (nSPS) is 14.2. The maximum absolute atomic E-state index is 14.2. The molecular weight excluding hydrogens is 1390 g/mol. The molecule has 10 rings (SSSR count). The van der Waals surface area contributed by atoms with Crippen molar-refractivity contribution in [3.63, 3.8) is 0 Å². The number of hydrogen-bond acceptors (Lipinski definition) is 20. The number of esters is 2. The molecule has 4 amide bonds. The number of fused-ring (bicyclic) bond motifs is 4. The monoisotopic (exact) mass is 1440 g/mol. The predicted molar refractivity (Wildman–Crippen MR) is 352 cm³/mol. The Bertz CT molecular complexity index is 4730. The zero-order chi connectivity index (χ0) is 69.8. The lowest BCUT2D eigenvalue weighted by Gasteiger charge is -2.30. The van der Waals surface area contributed by atoms with Gasteiger partial charge < -0.3 is 57.7 Å². The molecule has 6 aromatic carbocycles. The maximum Gasteiger partial charge on any atom is 0.511 e. The molecule has 24 nitrogen and oxygen atoms in total. The molecule has 8 aromatic rings. The van der Waals surface area contributed by atoms with Crippen molar-refractivity contribution in [3.8, 4) is 0 Å². The molecule has 2 aliphatic rings. The molecule has 2 unspecified atom stereocenters. The maximum atomic E-state index is 14.2. The van der Waals surface area contributed by atoms with Gasteiger partial charge in [0.2, 0.25) is 12.6 Å². The number of amides is 4. The molecule has 97 heavy (non-hydrogen) atoms. The first-order chi connectivity index (χ1) is 46.0. The summed E-state index contributed by atoms with van der Waals surface area (Å²) in [7, 11) is -7.37. The van der Waals surface area contributed by atoms with E-state index >= 15 is 0 Å². The van der Waals surface area contributed by atoms with Crippen LogP contribution in [0.15, 0.2) is 134 Å². The second-order valence-electron chi connectivity index (χ2n) is 22.7. The van der Waals surface area contributed by atoms with E-state index in [1.165, 1.54) is 85.7 Å². The summed E-state index contributed by atoms with van der Waals surface area (Å²) in [6.07, 6.45) is -2.10. The summed E-state index contributed by atoms with van der Waals surface area (Å²) in [4.78, 5) is 112. The summed E-state index contributed by atoms with van der Waals surface area (Å²) in [6.45, 7) is 4.03. The molecule has 0 aliphatic carbocycles. The number of nitrogens with one attached hydrogen (secondary N) is 2. The molecule has 0 spiro atoms. The van der Waals surface area contributed by atoms with E-state index < -0.39 is 92.9 Å². The third-order valence-corrected chi connectivity index (χ3v) is 19.4. The van der Waals surface area contributed by atoms with Crippen LogP contribution >= 0.6 is 46.4 Å². The van der Waals surface area contributed by atoms with Gasteiger partial charge in [0.15, 0.2) is 26.3 Å². The van der Waals surface area contributed by atoms with Crippen LogP contribution in [0, 0.1) is 0 Å². The number of rotatable bonds is 21. The van der Waals surface area contributed by atoms with E-state index in [1.54, 1.807) is 60.4 Å². The van der Waals surface area contributed by atoms with Crippen LogP contribution in [0.3, 0.4) is 0 Å². The van der Waals surface area contributed by atoms with E-state index in [0.717, 1.165) is 17.9 Å². The molecule has 0 saturated heterocycles. The second kappa shape index (κ2) is 29.7. The molecule has 2 aromatic heterocycles. The topological polar surface area (TPSA) is 317 Å². The SMILES string of the molecule is CCOC(=O)OC(C)OC(=O)[C@H](Cc1cccc(S(C)(=O)=O)c1)NC(=O)c1c(Cl)cc2c(c1Cl)CCN(C(=O)c1ccc3cc(COC(=O)OC(C)OC(=O)[C@H](Cc4cccc(S(C)(=O)=O)c4)NC(=O)c4c(Cl)cc5c(c4Cl)CCN(C(=O)c4ccc6ccoc6c4)C5)oc3c1)C2. The Kier molecular flexibility index (Phi) is 21.6. The fourth-order valence-corrected chi connectivity index (χ4v) is 14.0. The van der Waals surface area contributed by atoms with Gasteiger partial charge in [0.25, 0.3) is 23.6 Å². The van der Waals surface area contributed by atoms with Crippen LogP contribution in [0.25, 0.3) is 21.9 Å². The van der Waals surface area contributed by atoms with E-state index in [-0.39, 0.29) is 122 Å². The van der Waals surface area contributed by atoms with E-state index in [1.807, 2.05) is 0 Å². The molecule has 2 N–H and O–H groups in total. The highest BCUT2D eigenvalue weighted by atomic mass is 35.5. The van der Waals surface area contributed by atoms with Crippen LogP contribution in [0.4, 0.5) is 9.59 Å². The minimum absolute atomic E-state index is 0.00868. The Hall–Kier alpha value is -9.18. The van der Waals surface area contributed by atoms with Crippen molar-refractivity contribution < 1.29 is 92.4 Å². The fraction of sp³-hybridized carbons (Fsp3) is 0.284. The van der Waals surface area contributed by atoms with Crippen LogP contribution in [0.2, 0.25) is 20.1 Å². The molecule has 0 saturated carbocycles. The van der Waals surface area contributed by atoms with E-state index in [9.17, 15) is 55.2 Å². The molecular formula is C67H60Cl4N4O20S2. The zero-order valence-corrected chi connectivity index (χ0v) is 56.9. The van der Waals surface area contributed by atoms with Crippen LogP contribution < -0.4 is 10.6 Å². The lowest BCUT2D eigenvalue weighted by atomic mass is 9.95. The number of ether oxygens (including phenoxy) is 6. The highest BCUT2D eigenvalue weighted by Gasteiger charge is 2.35. The number of carbonyl (C=O) groups excluding carboxylic acids is 8. The smallest absolute Gasteiger partial charge is 0.464 e. The largest absolute Gasteiger partial charge is 0.511 e. The van der Waals surface area contributed by atoms with Gasteiger partial charge in [-0.2, -0.15) is 0 Å². The third-order valence-electron chi connectivity index (χ3n) is 15.8. The Morgan fingerprint density at radius 2 is 1.02 bits per heavy atom. The highest BCUT2D eigenvalue weighted by Crippen LogP contribution is 2.38. The Labute approximate surface area is 575 Å². The zero-order valence-electron chi connectivity index (χ0n) is 52.2. The molecule has 4 heterocycles. The first-order valence-corrected chi connectivity index (χ1v) is 35.2. The first-order valence-electron chi connectivity index (χ1n) is 29.9. The molecule has 30 heteroatoms. The number of carbonyl (C=O) groups is 8. The van der Waals surface area contributed by atoms with Gasteiger partial charge in [-0.15, -0.1) is 0 Å². The van der Waals surface area contributed by atoms with Gasteiger partial charge in [-0.3, -0.25) is 19.2 Å². The number of hydrogen-bond donors (Lipinski definition) is 2. The van der Waals surface area contributed by atoms with Crippen LogP contribution in [-0.2, 0) is 103 Å². The van der Waals surface area contributed by atoms with Crippen LogP contribution in [0.1, 0.15) is 101 Å². The molecule has 508 valence electrons. The predicted octanol–water partition coefficient (Wildman–Crippen LogP) is 11.0. The number of sulfone groups is 2. The Balaban J connectivity index is 0.759.